The molecule has 1 aromatic rings. The summed E-state index contributed by atoms with van der Waals surface area (Å²) in [6.07, 6.45) is 6.44. The van der Waals surface area contributed by atoms with Crippen LogP contribution in [0.25, 0.3) is 0 Å². The van der Waals surface area contributed by atoms with E-state index in [1.54, 1.807) is 19.2 Å². The van der Waals surface area contributed by atoms with Gasteiger partial charge in [0, 0.05) is 5.56 Å². The molecule has 1 aliphatic carbocycles. The van der Waals surface area contributed by atoms with Crippen LogP contribution in [-0.2, 0) is 11.2 Å². The molecule has 2 aliphatic rings. The average Bonchev–Trinajstić information content (AvgIpc) is 2.93. The molecule has 20 heavy (non-hydrogen) atoms. The molecule has 1 saturated carbocycles. The van der Waals surface area contributed by atoms with E-state index >= 15 is 0 Å². The van der Waals surface area contributed by atoms with Crippen LogP contribution in [-0.4, -0.2) is 25.8 Å². The minimum Gasteiger partial charge on any atom is -0.493 e. The van der Waals surface area contributed by atoms with Crippen LogP contribution in [0.1, 0.15) is 48.0 Å². The third-order valence-corrected chi connectivity index (χ3v) is 4.51. The molecular formula is C16H20O4. The van der Waals surface area contributed by atoms with Crippen molar-refractivity contribution in [3.05, 3.63) is 23.3 Å². The van der Waals surface area contributed by atoms with E-state index in [1.165, 1.54) is 20.0 Å². The first kappa shape index (κ1) is 13.3. The van der Waals surface area contributed by atoms with Gasteiger partial charge in [-0.3, -0.25) is 0 Å². The largest absolute Gasteiger partial charge is 0.493 e. The van der Waals surface area contributed by atoms with Crippen LogP contribution in [0.4, 0.5) is 0 Å². The molecule has 1 aliphatic heterocycles. The molecule has 0 amide bonds. The highest BCUT2D eigenvalue weighted by molar-refractivity contribution is 5.92. The van der Waals surface area contributed by atoms with Crippen molar-refractivity contribution in [3.8, 4) is 11.5 Å². The van der Waals surface area contributed by atoms with Gasteiger partial charge in [-0.25, -0.2) is 4.79 Å². The van der Waals surface area contributed by atoms with Crippen LogP contribution in [0, 0.1) is 0 Å². The van der Waals surface area contributed by atoms with E-state index in [1.807, 2.05) is 0 Å². The molecule has 4 nitrogen and oxygen atoms in total. The number of rotatable bonds is 2. The number of esters is 1. The van der Waals surface area contributed by atoms with Crippen LogP contribution in [0.15, 0.2) is 12.1 Å². The minimum absolute atomic E-state index is 0.0466. The van der Waals surface area contributed by atoms with Gasteiger partial charge in [0.2, 0.25) is 0 Å². The third kappa shape index (κ3) is 2.03. The second-order valence-electron chi connectivity index (χ2n) is 5.61. The quantitative estimate of drug-likeness (QED) is 0.778. The van der Waals surface area contributed by atoms with Crippen LogP contribution < -0.4 is 9.47 Å². The Morgan fingerprint density at radius 2 is 1.95 bits per heavy atom. The first-order valence-corrected chi connectivity index (χ1v) is 7.16. The number of methoxy groups -OCH3 is 2. The van der Waals surface area contributed by atoms with E-state index < -0.39 is 0 Å². The summed E-state index contributed by atoms with van der Waals surface area (Å²) in [7, 11) is 3.04. The molecule has 1 aromatic carbocycles. The van der Waals surface area contributed by atoms with Crippen molar-refractivity contribution < 1.29 is 19.0 Å². The van der Waals surface area contributed by atoms with Gasteiger partial charge in [-0.1, -0.05) is 0 Å². The smallest absolute Gasteiger partial charge is 0.338 e. The van der Waals surface area contributed by atoms with Gasteiger partial charge in [0.1, 0.15) is 5.60 Å². The van der Waals surface area contributed by atoms with E-state index in [0.29, 0.717) is 11.3 Å². The van der Waals surface area contributed by atoms with E-state index in [-0.39, 0.29) is 11.6 Å². The first-order valence-electron chi connectivity index (χ1n) is 7.16. The van der Waals surface area contributed by atoms with Crippen molar-refractivity contribution in [3.63, 3.8) is 0 Å². The fourth-order valence-electron chi connectivity index (χ4n) is 3.42. The molecule has 108 valence electrons. The average molecular weight is 276 g/mol. The number of ether oxygens (including phenoxy) is 3. The summed E-state index contributed by atoms with van der Waals surface area (Å²) in [6, 6.07) is 3.55. The number of fused-ring (bicyclic) bond motifs is 1. The predicted molar refractivity (Wildman–Crippen MR) is 74.5 cm³/mol. The second kappa shape index (κ2) is 5.00. The van der Waals surface area contributed by atoms with Crippen LogP contribution in [0.5, 0.6) is 11.5 Å². The molecule has 1 fully saturated rings. The lowest BCUT2D eigenvalue weighted by atomic mass is 9.87. The molecule has 0 bridgehead atoms. The summed E-state index contributed by atoms with van der Waals surface area (Å²) >= 11 is 0. The Kier molecular flexibility index (Phi) is 3.32. The lowest BCUT2D eigenvalue weighted by molar-refractivity contribution is 0.0471. The van der Waals surface area contributed by atoms with Gasteiger partial charge in [-0.05, 0) is 50.7 Å². The van der Waals surface area contributed by atoms with Crippen LogP contribution in [0.2, 0.25) is 0 Å². The Labute approximate surface area is 119 Å². The fourth-order valence-corrected chi connectivity index (χ4v) is 3.42. The van der Waals surface area contributed by atoms with Gasteiger partial charge in [-0.2, -0.15) is 0 Å². The van der Waals surface area contributed by atoms with Gasteiger partial charge in [0.25, 0.3) is 0 Å². The molecule has 0 N–H and O–H groups in total. The standard InChI is InChI=1S/C16H20O4/c1-18-13-6-5-12(15(17)19-2)11-7-10-16(20-14(11)13)8-3-4-9-16/h5-6H,3-4,7-10H2,1-2H3. The van der Waals surface area contributed by atoms with Crippen LogP contribution >= 0.6 is 0 Å². The summed E-state index contributed by atoms with van der Waals surface area (Å²) < 4.78 is 16.6. The van der Waals surface area contributed by atoms with Gasteiger partial charge in [-0.15, -0.1) is 0 Å². The second-order valence-corrected chi connectivity index (χ2v) is 5.61. The Morgan fingerprint density at radius 3 is 2.60 bits per heavy atom. The number of carbonyl (C=O) groups is 1. The van der Waals surface area contributed by atoms with Crippen molar-refractivity contribution in [2.24, 2.45) is 0 Å². The maximum absolute atomic E-state index is 11.9. The van der Waals surface area contributed by atoms with Gasteiger partial charge in [0.15, 0.2) is 11.5 Å². The fraction of sp³-hybridized carbons (Fsp3) is 0.562. The molecule has 0 saturated heterocycles. The zero-order chi connectivity index (χ0) is 14.2. The summed E-state index contributed by atoms with van der Waals surface area (Å²) in [5.74, 6) is 1.14. The zero-order valence-electron chi connectivity index (χ0n) is 12.0. The third-order valence-electron chi connectivity index (χ3n) is 4.51. The normalized spacial score (nSPS) is 19.3. The van der Waals surface area contributed by atoms with Gasteiger partial charge in [0.05, 0.1) is 19.8 Å². The number of carbonyl (C=O) groups excluding carboxylic acids is 1. The lowest BCUT2D eigenvalue weighted by Gasteiger charge is -2.36. The molecule has 4 heteroatoms. The molecule has 3 rings (SSSR count). The maximum atomic E-state index is 11.9. The molecule has 1 spiro atoms. The number of hydrogen-bond donors (Lipinski definition) is 0. The van der Waals surface area contributed by atoms with Gasteiger partial charge < -0.3 is 14.2 Å². The van der Waals surface area contributed by atoms with E-state index in [4.69, 9.17) is 14.2 Å². The highest BCUT2D eigenvalue weighted by Gasteiger charge is 2.41. The SMILES string of the molecule is COC(=O)c1ccc(OC)c2c1CCC1(CCCC1)O2. The van der Waals surface area contributed by atoms with E-state index in [0.717, 1.165) is 37.0 Å². The molecule has 0 radical (unpaired) electrons. The zero-order valence-corrected chi connectivity index (χ0v) is 12.0. The number of benzene rings is 1. The first-order chi connectivity index (χ1) is 9.69. The summed E-state index contributed by atoms with van der Waals surface area (Å²) in [5, 5.41) is 0. The Hall–Kier alpha value is -1.71. The lowest BCUT2D eigenvalue weighted by Crippen LogP contribution is -2.37. The Bertz CT molecular complexity index is 530. The Balaban J connectivity index is 2.04. The van der Waals surface area contributed by atoms with E-state index in [9.17, 15) is 4.79 Å². The summed E-state index contributed by atoms with van der Waals surface area (Å²) in [6.45, 7) is 0. The van der Waals surface area contributed by atoms with E-state index in [2.05, 4.69) is 0 Å². The van der Waals surface area contributed by atoms with Crippen molar-refractivity contribution >= 4 is 5.97 Å². The summed E-state index contributed by atoms with van der Waals surface area (Å²) in [4.78, 5) is 11.9. The molecule has 1 heterocycles. The van der Waals surface area contributed by atoms with Crippen molar-refractivity contribution in [1.82, 2.24) is 0 Å². The molecule has 0 aromatic heterocycles. The summed E-state index contributed by atoms with van der Waals surface area (Å²) in [5.41, 5.74) is 1.47. The number of hydrogen-bond acceptors (Lipinski definition) is 4. The highest BCUT2D eigenvalue weighted by Crippen LogP contribution is 2.47. The van der Waals surface area contributed by atoms with Crippen molar-refractivity contribution in [2.45, 2.75) is 44.1 Å². The molecule has 0 unspecified atom stereocenters. The Morgan fingerprint density at radius 1 is 1.20 bits per heavy atom. The van der Waals surface area contributed by atoms with Crippen molar-refractivity contribution in [1.29, 1.82) is 0 Å². The van der Waals surface area contributed by atoms with Crippen LogP contribution in [0.3, 0.4) is 0 Å². The minimum atomic E-state index is -0.310. The monoisotopic (exact) mass is 276 g/mol. The van der Waals surface area contributed by atoms with Gasteiger partial charge >= 0.3 is 5.97 Å². The molecule has 0 atom stereocenters. The highest BCUT2D eigenvalue weighted by atomic mass is 16.5. The predicted octanol–water partition coefficient (Wildman–Crippen LogP) is 3.12. The maximum Gasteiger partial charge on any atom is 0.338 e. The topological polar surface area (TPSA) is 44.8 Å². The molecular weight excluding hydrogens is 256 g/mol. The van der Waals surface area contributed by atoms with Crippen molar-refractivity contribution in [2.75, 3.05) is 14.2 Å².